The van der Waals surface area contributed by atoms with Crippen molar-refractivity contribution in [3.8, 4) is 0 Å². The number of hydrogen-bond donors (Lipinski definition) is 2. The summed E-state index contributed by atoms with van der Waals surface area (Å²) in [5.41, 5.74) is -0.290. The lowest BCUT2D eigenvalue weighted by Gasteiger charge is -2.43. The molecule has 3 rings (SSSR count). The fourth-order valence-electron chi connectivity index (χ4n) is 3.38. The first-order chi connectivity index (χ1) is 11.8. The van der Waals surface area contributed by atoms with Gasteiger partial charge in [0.1, 0.15) is 12.1 Å². The van der Waals surface area contributed by atoms with Crippen molar-refractivity contribution in [2.75, 3.05) is 6.54 Å². The van der Waals surface area contributed by atoms with E-state index in [9.17, 15) is 14.4 Å². The Labute approximate surface area is 155 Å². The van der Waals surface area contributed by atoms with Crippen LogP contribution in [0, 0.1) is 0 Å². The Bertz CT molecular complexity index is 732. The average molecular weight is 408 g/mol. The lowest BCUT2D eigenvalue weighted by atomic mass is 9.72. The maximum Gasteiger partial charge on any atom is 0.325 e. The highest BCUT2D eigenvalue weighted by molar-refractivity contribution is 9.10. The van der Waals surface area contributed by atoms with Crippen LogP contribution in [0.25, 0.3) is 0 Å². The summed E-state index contributed by atoms with van der Waals surface area (Å²) in [6.07, 6.45) is 3.21. The molecule has 0 radical (unpaired) electrons. The first kappa shape index (κ1) is 17.9. The van der Waals surface area contributed by atoms with E-state index in [0.717, 1.165) is 34.2 Å². The molecule has 2 fully saturated rings. The van der Waals surface area contributed by atoms with E-state index in [1.54, 1.807) is 6.92 Å². The van der Waals surface area contributed by atoms with Crippen LogP contribution >= 0.6 is 15.9 Å². The molecular formula is C18H22BrN3O3. The molecule has 1 saturated heterocycles. The van der Waals surface area contributed by atoms with Crippen LogP contribution in [0.2, 0.25) is 0 Å². The number of urea groups is 1. The zero-order valence-electron chi connectivity index (χ0n) is 14.4. The van der Waals surface area contributed by atoms with Gasteiger partial charge in [0.2, 0.25) is 5.91 Å². The van der Waals surface area contributed by atoms with Crippen molar-refractivity contribution in [2.45, 2.75) is 50.6 Å². The lowest BCUT2D eigenvalue weighted by Crippen LogP contribution is -2.54. The van der Waals surface area contributed by atoms with Crippen LogP contribution in [0.5, 0.6) is 0 Å². The lowest BCUT2D eigenvalue weighted by molar-refractivity contribution is -0.135. The maximum absolute atomic E-state index is 12.6. The van der Waals surface area contributed by atoms with E-state index in [4.69, 9.17) is 0 Å². The van der Waals surface area contributed by atoms with Crippen molar-refractivity contribution in [2.24, 2.45) is 0 Å². The third-order valence-electron chi connectivity index (χ3n) is 5.32. The summed E-state index contributed by atoms with van der Waals surface area (Å²) < 4.78 is 0.957. The van der Waals surface area contributed by atoms with E-state index in [0.29, 0.717) is 6.42 Å². The van der Waals surface area contributed by atoms with E-state index in [1.807, 2.05) is 31.2 Å². The molecule has 1 aliphatic heterocycles. The Morgan fingerprint density at radius 1 is 1.36 bits per heavy atom. The van der Waals surface area contributed by atoms with Gasteiger partial charge in [-0.2, -0.15) is 0 Å². The largest absolute Gasteiger partial charge is 0.345 e. The van der Waals surface area contributed by atoms with Gasteiger partial charge in [0.05, 0.1) is 5.54 Å². The van der Waals surface area contributed by atoms with E-state index in [2.05, 4.69) is 26.6 Å². The van der Waals surface area contributed by atoms with E-state index >= 15 is 0 Å². The minimum atomic E-state index is -0.921. The number of imide groups is 1. The number of amides is 4. The van der Waals surface area contributed by atoms with Crippen molar-refractivity contribution in [3.63, 3.8) is 0 Å². The number of carbonyl (C=O) groups excluding carboxylic acids is 3. The molecule has 4 amide bonds. The molecule has 1 aromatic carbocycles. The van der Waals surface area contributed by atoms with Crippen molar-refractivity contribution in [3.05, 3.63) is 34.3 Å². The summed E-state index contributed by atoms with van der Waals surface area (Å²) in [6.45, 7) is 3.26. The van der Waals surface area contributed by atoms with Gasteiger partial charge in [-0.1, -0.05) is 35.0 Å². The van der Waals surface area contributed by atoms with Crippen LogP contribution in [0.1, 0.15) is 45.1 Å². The SMILES string of the molecule is CCC1(C)NC(=O)N(CC(=O)NC2(c3cccc(Br)c3)CCC2)C1=O. The van der Waals surface area contributed by atoms with Gasteiger partial charge in [-0.3, -0.25) is 14.5 Å². The number of benzene rings is 1. The number of nitrogens with one attached hydrogen (secondary N) is 2. The van der Waals surface area contributed by atoms with Gasteiger partial charge in [-0.05, 0) is 50.3 Å². The van der Waals surface area contributed by atoms with Crippen molar-refractivity contribution in [1.29, 1.82) is 0 Å². The van der Waals surface area contributed by atoms with Crippen molar-refractivity contribution >= 4 is 33.8 Å². The molecule has 25 heavy (non-hydrogen) atoms. The van der Waals surface area contributed by atoms with Gasteiger partial charge in [0.25, 0.3) is 5.91 Å². The molecule has 1 aromatic rings. The second-order valence-corrected chi connectivity index (χ2v) is 7.92. The zero-order chi connectivity index (χ0) is 18.2. The molecule has 1 saturated carbocycles. The molecule has 7 heteroatoms. The highest BCUT2D eigenvalue weighted by Gasteiger charge is 2.48. The monoisotopic (exact) mass is 407 g/mol. The Morgan fingerprint density at radius 2 is 2.08 bits per heavy atom. The highest BCUT2D eigenvalue weighted by Crippen LogP contribution is 2.41. The molecule has 134 valence electrons. The molecule has 1 aliphatic carbocycles. The third-order valence-corrected chi connectivity index (χ3v) is 5.81. The van der Waals surface area contributed by atoms with Crippen LogP contribution in [-0.2, 0) is 15.1 Å². The van der Waals surface area contributed by atoms with Crippen molar-refractivity contribution in [1.82, 2.24) is 15.5 Å². The van der Waals surface area contributed by atoms with E-state index in [1.165, 1.54) is 0 Å². The van der Waals surface area contributed by atoms with Gasteiger partial charge < -0.3 is 10.6 Å². The number of rotatable bonds is 5. The molecular weight excluding hydrogens is 386 g/mol. The fourth-order valence-corrected chi connectivity index (χ4v) is 3.78. The molecule has 2 N–H and O–H groups in total. The molecule has 1 atom stereocenters. The summed E-state index contributed by atoms with van der Waals surface area (Å²) >= 11 is 3.46. The average Bonchev–Trinajstić information content (AvgIpc) is 2.75. The van der Waals surface area contributed by atoms with E-state index in [-0.39, 0.29) is 18.4 Å². The smallest absolute Gasteiger partial charge is 0.325 e. The Morgan fingerprint density at radius 3 is 2.60 bits per heavy atom. The first-order valence-corrected chi connectivity index (χ1v) is 9.30. The van der Waals surface area contributed by atoms with Crippen molar-refractivity contribution < 1.29 is 14.4 Å². The second kappa shape index (κ2) is 6.44. The predicted octanol–water partition coefficient (Wildman–Crippen LogP) is 2.67. The predicted molar refractivity (Wildman–Crippen MR) is 96.8 cm³/mol. The zero-order valence-corrected chi connectivity index (χ0v) is 16.0. The molecule has 1 unspecified atom stereocenters. The Kier molecular flexibility index (Phi) is 4.62. The molecule has 6 nitrogen and oxygen atoms in total. The van der Waals surface area contributed by atoms with Gasteiger partial charge in [-0.15, -0.1) is 0 Å². The second-order valence-electron chi connectivity index (χ2n) is 7.00. The molecule has 0 aromatic heterocycles. The standard InChI is InChI=1S/C18H22BrN3O3/c1-3-17(2)15(24)22(16(25)21-17)11-14(23)20-18(8-5-9-18)12-6-4-7-13(19)10-12/h4,6-7,10H,3,5,8-9,11H2,1-2H3,(H,20,23)(H,21,25). The fraction of sp³-hybridized carbons (Fsp3) is 0.500. The van der Waals surface area contributed by atoms with Gasteiger partial charge >= 0.3 is 6.03 Å². The van der Waals surface area contributed by atoms with Gasteiger partial charge in [-0.25, -0.2) is 4.79 Å². The summed E-state index contributed by atoms with van der Waals surface area (Å²) in [5, 5.41) is 5.72. The normalized spacial score (nSPS) is 24.7. The van der Waals surface area contributed by atoms with Crippen LogP contribution in [-0.4, -0.2) is 34.8 Å². The summed E-state index contributed by atoms with van der Waals surface area (Å²) in [5.74, 6) is -0.663. The third kappa shape index (κ3) is 3.17. The number of nitrogens with zero attached hydrogens (tertiary/aromatic N) is 1. The first-order valence-electron chi connectivity index (χ1n) is 8.51. The minimum Gasteiger partial charge on any atom is -0.345 e. The summed E-state index contributed by atoms with van der Waals surface area (Å²) in [6, 6.07) is 7.37. The summed E-state index contributed by atoms with van der Waals surface area (Å²) in [4.78, 5) is 38.1. The van der Waals surface area contributed by atoms with Crippen LogP contribution in [0.15, 0.2) is 28.7 Å². The number of halogens is 1. The molecule has 2 aliphatic rings. The van der Waals surface area contributed by atoms with Gasteiger partial charge in [0, 0.05) is 4.47 Å². The highest BCUT2D eigenvalue weighted by atomic mass is 79.9. The molecule has 0 bridgehead atoms. The molecule has 1 heterocycles. The van der Waals surface area contributed by atoms with E-state index < -0.39 is 17.1 Å². The summed E-state index contributed by atoms with van der Waals surface area (Å²) in [7, 11) is 0. The number of carbonyl (C=O) groups is 3. The topological polar surface area (TPSA) is 78.5 Å². The van der Waals surface area contributed by atoms with Crippen LogP contribution in [0.4, 0.5) is 4.79 Å². The Hall–Kier alpha value is -1.89. The molecule has 0 spiro atoms. The quantitative estimate of drug-likeness (QED) is 0.736. The minimum absolute atomic E-state index is 0.254. The van der Waals surface area contributed by atoms with Crippen LogP contribution in [0.3, 0.4) is 0 Å². The van der Waals surface area contributed by atoms with Gasteiger partial charge in [0.15, 0.2) is 0 Å². The number of hydrogen-bond acceptors (Lipinski definition) is 3. The van der Waals surface area contributed by atoms with Crippen LogP contribution < -0.4 is 10.6 Å². The maximum atomic E-state index is 12.6. The Balaban J connectivity index is 1.72.